The van der Waals surface area contributed by atoms with E-state index in [1.807, 2.05) is 13.0 Å². The van der Waals surface area contributed by atoms with Crippen LogP contribution in [0.5, 0.6) is 0 Å². The van der Waals surface area contributed by atoms with Gasteiger partial charge >= 0.3 is 0 Å². The molecule has 92 valence electrons. The molecule has 4 nitrogen and oxygen atoms in total. The van der Waals surface area contributed by atoms with Crippen molar-refractivity contribution in [2.75, 3.05) is 18.4 Å². The van der Waals surface area contributed by atoms with Gasteiger partial charge in [0.2, 0.25) is 0 Å². The molecule has 3 rings (SSSR count). The number of hydrogen-bond donors (Lipinski definition) is 2. The first-order valence-corrected chi connectivity index (χ1v) is 6.48. The van der Waals surface area contributed by atoms with Crippen molar-refractivity contribution in [3.8, 4) is 0 Å². The van der Waals surface area contributed by atoms with Gasteiger partial charge in [0.25, 0.3) is 0 Å². The van der Waals surface area contributed by atoms with Crippen LogP contribution in [0.25, 0.3) is 0 Å². The van der Waals surface area contributed by atoms with Crippen molar-refractivity contribution in [1.82, 2.24) is 15.3 Å². The SMILES string of the molecule is Cc1cc(NC2C3CNCC32)nc(C(C)C)n1. The van der Waals surface area contributed by atoms with Crippen LogP contribution in [0.4, 0.5) is 5.82 Å². The fourth-order valence-electron chi connectivity index (χ4n) is 2.73. The maximum absolute atomic E-state index is 4.60. The van der Waals surface area contributed by atoms with E-state index in [1.165, 1.54) is 0 Å². The molecule has 1 aromatic heterocycles. The summed E-state index contributed by atoms with van der Waals surface area (Å²) in [5, 5.41) is 6.97. The molecule has 2 N–H and O–H groups in total. The highest BCUT2D eigenvalue weighted by Crippen LogP contribution is 2.43. The second-order valence-corrected chi connectivity index (χ2v) is 5.56. The predicted octanol–water partition coefficient (Wildman–Crippen LogP) is 1.54. The molecular formula is C13H20N4. The quantitative estimate of drug-likeness (QED) is 0.830. The summed E-state index contributed by atoms with van der Waals surface area (Å²) < 4.78 is 0. The minimum atomic E-state index is 0.385. The van der Waals surface area contributed by atoms with Crippen molar-refractivity contribution in [1.29, 1.82) is 0 Å². The molecular weight excluding hydrogens is 212 g/mol. The van der Waals surface area contributed by atoms with Gasteiger partial charge in [0.05, 0.1) is 0 Å². The number of anilines is 1. The molecule has 1 saturated carbocycles. The van der Waals surface area contributed by atoms with Gasteiger partial charge in [0.15, 0.2) is 0 Å². The summed E-state index contributed by atoms with van der Waals surface area (Å²) in [5.41, 5.74) is 1.05. The molecule has 0 bridgehead atoms. The lowest BCUT2D eigenvalue weighted by Crippen LogP contribution is -2.22. The number of fused-ring (bicyclic) bond motifs is 1. The monoisotopic (exact) mass is 232 g/mol. The van der Waals surface area contributed by atoms with Crippen LogP contribution in [0.2, 0.25) is 0 Å². The molecule has 2 heterocycles. The van der Waals surface area contributed by atoms with Crippen LogP contribution in [0.3, 0.4) is 0 Å². The van der Waals surface area contributed by atoms with E-state index in [2.05, 4.69) is 34.4 Å². The van der Waals surface area contributed by atoms with E-state index >= 15 is 0 Å². The van der Waals surface area contributed by atoms with Crippen LogP contribution in [0.1, 0.15) is 31.3 Å². The Morgan fingerprint density at radius 1 is 1.29 bits per heavy atom. The van der Waals surface area contributed by atoms with E-state index in [9.17, 15) is 0 Å². The molecule has 2 unspecified atom stereocenters. The lowest BCUT2D eigenvalue weighted by molar-refractivity contribution is 0.692. The Hall–Kier alpha value is -1.16. The maximum Gasteiger partial charge on any atom is 0.133 e. The van der Waals surface area contributed by atoms with Crippen molar-refractivity contribution >= 4 is 5.82 Å². The number of aryl methyl sites for hydroxylation is 1. The molecule has 0 amide bonds. The number of hydrogen-bond acceptors (Lipinski definition) is 4. The van der Waals surface area contributed by atoms with E-state index in [4.69, 9.17) is 0 Å². The third-order valence-corrected chi connectivity index (χ3v) is 3.79. The topological polar surface area (TPSA) is 49.8 Å². The molecule has 17 heavy (non-hydrogen) atoms. The third-order valence-electron chi connectivity index (χ3n) is 3.79. The van der Waals surface area contributed by atoms with Crippen LogP contribution >= 0.6 is 0 Å². The highest BCUT2D eigenvalue weighted by atomic mass is 15.1. The van der Waals surface area contributed by atoms with E-state index in [0.717, 1.165) is 42.3 Å². The van der Waals surface area contributed by atoms with Crippen molar-refractivity contribution in [2.45, 2.75) is 32.7 Å². The third kappa shape index (κ3) is 2.02. The van der Waals surface area contributed by atoms with E-state index in [-0.39, 0.29) is 0 Å². The first-order chi connectivity index (χ1) is 8.15. The Morgan fingerprint density at radius 3 is 2.65 bits per heavy atom. The lowest BCUT2D eigenvalue weighted by Gasteiger charge is -2.11. The second kappa shape index (κ2) is 3.95. The smallest absolute Gasteiger partial charge is 0.133 e. The van der Waals surface area contributed by atoms with E-state index < -0.39 is 0 Å². The zero-order valence-electron chi connectivity index (χ0n) is 10.7. The molecule has 0 spiro atoms. The van der Waals surface area contributed by atoms with Gasteiger partial charge in [-0.3, -0.25) is 0 Å². The lowest BCUT2D eigenvalue weighted by atomic mass is 10.2. The zero-order chi connectivity index (χ0) is 12.0. The summed E-state index contributed by atoms with van der Waals surface area (Å²) in [4.78, 5) is 9.07. The van der Waals surface area contributed by atoms with Gasteiger partial charge in [-0.05, 0) is 18.8 Å². The van der Waals surface area contributed by atoms with Crippen LogP contribution < -0.4 is 10.6 Å². The molecule has 0 aromatic carbocycles. The van der Waals surface area contributed by atoms with Gasteiger partial charge in [0.1, 0.15) is 11.6 Å². The molecule has 1 saturated heterocycles. The fraction of sp³-hybridized carbons (Fsp3) is 0.692. The van der Waals surface area contributed by atoms with Gasteiger partial charge in [-0.25, -0.2) is 9.97 Å². The van der Waals surface area contributed by atoms with Crippen molar-refractivity contribution < 1.29 is 0 Å². The first-order valence-electron chi connectivity index (χ1n) is 6.48. The average Bonchev–Trinajstić information content (AvgIpc) is 2.74. The van der Waals surface area contributed by atoms with Gasteiger partial charge < -0.3 is 10.6 Å². The standard InChI is InChI=1S/C13H20N4/c1-7(2)13-15-8(3)4-11(17-13)16-12-9-5-14-6-10(9)12/h4,7,9-10,12,14H,5-6H2,1-3H3,(H,15,16,17). The largest absolute Gasteiger partial charge is 0.367 e. The van der Waals surface area contributed by atoms with Gasteiger partial charge in [-0.15, -0.1) is 0 Å². The Morgan fingerprint density at radius 2 is 2.00 bits per heavy atom. The van der Waals surface area contributed by atoms with Crippen molar-refractivity contribution in [3.05, 3.63) is 17.6 Å². The number of nitrogens with one attached hydrogen (secondary N) is 2. The van der Waals surface area contributed by atoms with Gasteiger partial charge in [-0.2, -0.15) is 0 Å². The molecule has 0 radical (unpaired) electrons. The van der Waals surface area contributed by atoms with Crippen LogP contribution in [-0.2, 0) is 0 Å². The molecule has 4 heteroatoms. The minimum Gasteiger partial charge on any atom is -0.367 e. The molecule has 1 aliphatic heterocycles. The summed E-state index contributed by atoms with van der Waals surface area (Å²) in [6, 6.07) is 2.68. The average molecular weight is 232 g/mol. The number of rotatable bonds is 3. The minimum absolute atomic E-state index is 0.385. The second-order valence-electron chi connectivity index (χ2n) is 5.56. The highest BCUT2D eigenvalue weighted by Gasteiger charge is 2.53. The van der Waals surface area contributed by atoms with Crippen molar-refractivity contribution in [3.63, 3.8) is 0 Å². The molecule has 1 aromatic rings. The summed E-state index contributed by atoms with van der Waals surface area (Å²) >= 11 is 0. The fourth-order valence-corrected chi connectivity index (χ4v) is 2.73. The van der Waals surface area contributed by atoms with E-state index in [0.29, 0.717) is 12.0 Å². The summed E-state index contributed by atoms with van der Waals surface area (Å²) in [6.45, 7) is 8.61. The van der Waals surface area contributed by atoms with Crippen LogP contribution in [0.15, 0.2) is 6.07 Å². The van der Waals surface area contributed by atoms with Crippen LogP contribution in [0, 0.1) is 18.8 Å². The van der Waals surface area contributed by atoms with E-state index in [1.54, 1.807) is 0 Å². The zero-order valence-corrected chi connectivity index (χ0v) is 10.7. The Labute approximate surface area is 102 Å². The maximum atomic E-state index is 4.60. The molecule has 1 aliphatic carbocycles. The van der Waals surface area contributed by atoms with Gasteiger partial charge in [0, 0.05) is 36.8 Å². The summed E-state index contributed by atoms with van der Waals surface area (Å²) in [5.74, 6) is 3.95. The summed E-state index contributed by atoms with van der Waals surface area (Å²) in [6.07, 6.45) is 0. The molecule has 2 aliphatic rings. The Kier molecular flexibility index (Phi) is 2.54. The highest BCUT2D eigenvalue weighted by molar-refractivity contribution is 5.41. The molecule has 2 fully saturated rings. The number of aromatic nitrogens is 2. The Bertz CT molecular complexity index is 419. The first kappa shape index (κ1) is 11.0. The Balaban J connectivity index is 1.74. The summed E-state index contributed by atoms with van der Waals surface area (Å²) in [7, 11) is 0. The van der Waals surface area contributed by atoms with Crippen LogP contribution in [-0.4, -0.2) is 29.1 Å². The predicted molar refractivity (Wildman–Crippen MR) is 68.1 cm³/mol. The van der Waals surface area contributed by atoms with Gasteiger partial charge in [-0.1, -0.05) is 13.8 Å². The van der Waals surface area contributed by atoms with Crippen molar-refractivity contribution in [2.24, 2.45) is 11.8 Å². The molecule has 2 atom stereocenters. The number of nitrogens with zero attached hydrogens (tertiary/aromatic N) is 2. The number of piperidine rings is 1. The normalized spacial score (nSPS) is 30.5.